The largest absolute Gasteiger partial charge is 0.494 e. The second kappa shape index (κ2) is 7.09. The van der Waals surface area contributed by atoms with Crippen LogP contribution < -0.4 is 10.1 Å². The van der Waals surface area contributed by atoms with Crippen molar-refractivity contribution in [3.05, 3.63) is 58.5 Å². The summed E-state index contributed by atoms with van der Waals surface area (Å²) in [5, 5.41) is 3.02. The Kier molecular flexibility index (Phi) is 4.85. The molecule has 1 N–H and O–H groups in total. The third-order valence-electron chi connectivity index (χ3n) is 3.67. The van der Waals surface area contributed by atoms with Crippen molar-refractivity contribution >= 4 is 39.0 Å². The summed E-state index contributed by atoms with van der Waals surface area (Å²) in [5.74, 6) is -3.05. The number of methoxy groups -OCH3 is 2. The summed E-state index contributed by atoms with van der Waals surface area (Å²) in [6.07, 6.45) is 0. The van der Waals surface area contributed by atoms with Gasteiger partial charge in [0.2, 0.25) is 0 Å². The number of hydrogen-bond donors (Lipinski definition) is 1. The Morgan fingerprint density at radius 1 is 1.08 bits per heavy atom. The van der Waals surface area contributed by atoms with E-state index >= 15 is 0 Å². The number of halogens is 2. The number of benzene rings is 2. The van der Waals surface area contributed by atoms with Crippen molar-refractivity contribution in [2.75, 3.05) is 19.5 Å². The summed E-state index contributed by atoms with van der Waals surface area (Å²) in [6.45, 7) is 0. The number of hydrogen-bond acceptors (Lipinski definition) is 5. The van der Waals surface area contributed by atoms with E-state index in [0.29, 0.717) is 16.8 Å². The Labute approximate surface area is 151 Å². The van der Waals surface area contributed by atoms with Crippen LogP contribution in [-0.4, -0.2) is 26.1 Å². The first kappa shape index (κ1) is 17.8. The zero-order valence-corrected chi connectivity index (χ0v) is 14.6. The number of rotatable bonds is 4. The highest BCUT2D eigenvalue weighted by atomic mass is 32.1. The number of thiophene rings is 1. The lowest BCUT2D eigenvalue weighted by atomic mass is 10.1. The predicted octanol–water partition coefficient (Wildman–Crippen LogP) is 4.23. The van der Waals surface area contributed by atoms with Crippen LogP contribution in [0.5, 0.6) is 5.75 Å². The standard InChI is InChI=1S/C18H13F2NO4S/c1-24-15-10-8-9(6-7-13(10)26-16(15)18(23)25-2)21-17(22)14-11(19)4-3-5-12(14)20/h3-8H,1-2H3,(H,21,22). The van der Waals surface area contributed by atoms with Crippen molar-refractivity contribution in [3.8, 4) is 5.75 Å². The molecule has 0 aliphatic heterocycles. The summed E-state index contributed by atoms with van der Waals surface area (Å²) in [5.41, 5.74) is -0.363. The molecule has 5 nitrogen and oxygen atoms in total. The van der Waals surface area contributed by atoms with Crippen LogP contribution in [0.15, 0.2) is 36.4 Å². The fourth-order valence-corrected chi connectivity index (χ4v) is 3.56. The van der Waals surface area contributed by atoms with Gasteiger partial charge in [0.15, 0.2) is 10.6 Å². The van der Waals surface area contributed by atoms with E-state index in [1.165, 1.54) is 31.6 Å². The zero-order chi connectivity index (χ0) is 18.8. The molecule has 0 unspecified atom stereocenters. The van der Waals surface area contributed by atoms with Crippen LogP contribution in [0.2, 0.25) is 0 Å². The molecule has 3 rings (SSSR count). The average Bonchev–Trinajstić information content (AvgIpc) is 2.98. The van der Waals surface area contributed by atoms with Crippen molar-refractivity contribution in [2.24, 2.45) is 0 Å². The Morgan fingerprint density at radius 3 is 2.38 bits per heavy atom. The molecule has 0 bridgehead atoms. The SMILES string of the molecule is COC(=O)c1sc2ccc(NC(=O)c3c(F)cccc3F)cc2c1OC. The van der Waals surface area contributed by atoms with Crippen molar-refractivity contribution < 1.29 is 27.8 Å². The molecule has 0 radical (unpaired) electrons. The summed E-state index contributed by atoms with van der Waals surface area (Å²) in [7, 11) is 2.68. The molecular formula is C18H13F2NO4S. The number of amides is 1. The van der Waals surface area contributed by atoms with Gasteiger partial charge in [-0.15, -0.1) is 11.3 Å². The van der Waals surface area contributed by atoms with Crippen LogP contribution >= 0.6 is 11.3 Å². The Balaban J connectivity index is 1.99. The molecule has 0 saturated heterocycles. The lowest BCUT2D eigenvalue weighted by Gasteiger charge is -2.08. The van der Waals surface area contributed by atoms with Gasteiger partial charge in [-0.1, -0.05) is 6.07 Å². The lowest BCUT2D eigenvalue weighted by molar-refractivity contribution is 0.0603. The van der Waals surface area contributed by atoms with Crippen molar-refractivity contribution in [2.45, 2.75) is 0 Å². The van der Waals surface area contributed by atoms with Gasteiger partial charge in [0.05, 0.1) is 14.2 Å². The third kappa shape index (κ3) is 3.11. The van der Waals surface area contributed by atoms with E-state index in [0.717, 1.165) is 16.8 Å². The van der Waals surface area contributed by atoms with Gasteiger partial charge in [-0.3, -0.25) is 4.79 Å². The predicted molar refractivity (Wildman–Crippen MR) is 94.0 cm³/mol. The average molecular weight is 377 g/mol. The number of carbonyl (C=O) groups excluding carboxylic acids is 2. The fourth-order valence-electron chi connectivity index (χ4n) is 2.49. The molecule has 3 aromatic rings. The minimum absolute atomic E-state index is 0.286. The first-order valence-electron chi connectivity index (χ1n) is 7.40. The molecule has 8 heteroatoms. The molecule has 2 aromatic carbocycles. The van der Waals surface area contributed by atoms with Gasteiger partial charge in [-0.25, -0.2) is 13.6 Å². The maximum atomic E-state index is 13.7. The van der Waals surface area contributed by atoms with Gasteiger partial charge < -0.3 is 14.8 Å². The van der Waals surface area contributed by atoms with Gasteiger partial charge in [-0.2, -0.15) is 0 Å². The number of nitrogens with one attached hydrogen (secondary N) is 1. The Hall–Kier alpha value is -3.00. The quantitative estimate of drug-likeness (QED) is 0.691. The van der Waals surface area contributed by atoms with Crippen molar-refractivity contribution in [3.63, 3.8) is 0 Å². The number of ether oxygens (including phenoxy) is 2. The van der Waals surface area contributed by atoms with Crippen LogP contribution in [0.3, 0.4) is 0 Å². The van der Waals surface area contributed by atoms with E-state index in [2.05, 4.69) is 5.32 Å². The Morgan fingerprint density at radius 2 is 1.77 bits per heavy atom. The maximum absolute atomic E-state index is 13.7. The summed E-state index contributed by atoms with van der Waals surface area (Å²) < 4.78 is 38.2. The van der Waals surface area contributed by atoms with Gasteiger partial charge in [0.1, 0.15) is 17.2 Å². The third-order valence-corrected chi connectivity index (χ3v) is 4.80. The van der Waals surface area contributed by atoms with E-state index in [4.69, 9.17) is 9.47 Å². The summed E-state index contributed by atoms with van der Waals surface area (Å²) in [4.78, 5) is 24.3. The molecule has 0 saturated carbocycles. The fraction of sp³-hybridized carbons (Fsp3) is 0.111. The van der Waals surface area contributed by atoms with Crippen LogP contribution in [-0.2, 0) is 4.74 Å². The first-order valence-corrected chi connectivity index (χ1v) is 8.22. The number of fused-ring (bicyclic) bond motifs is 1. The van der Waals surface area contributed by atoms with Crippen molar-refractivity contribution in [1.29, 1.82) is 0 Å². The molecule has 1 amide bonds. The minimum Gasteiger partial charge on any atom is -0.494 e. The summed E-state index contributed by atoms with van der Waals surface area (Å²) in [6, 6.07) is 7.99. The normalized spacial score (nSPS) is 10.6. The molecule has 26 heavy (non-hydrogen) atoms. The van der Waals surface area contributed by atoms with Crippen LogP contribution in [0.1, 0.15) is 20.0 Å². The number of anilines is 1. The van der Waals surface area contributed by atoms with Crippen LogP contribution in [0.4, 0.5) is 14.5 Å². The van der Waals surface area contributed by atoms with Gasteiger partial charge in [-0.05, 0) is 30.3 Å². The molecule has 0 aliphatic rings. The molecule has 1 aromatic heterocycles. The van der Waals surface area contributed by atoms with Crippen molar-refractivity contribution in [1.82, 2.24) is 0 Å². The second-order valence-electron chi connectivity index (χ2n) is 5.22. The second-order valence-corrected chi connectivity index (χ2v) is 6.27. The smallest absolute Gasteiger partial charge is 0.351 e. The molecule has 134 valence electrons. The highest BCUT2D eigenvalue weighted by molar-refractivity contribution is 7.21. The molecule has 0 atom stereocenters. The minimum atomic E-state index is -0.954. The number of esters is 1. The number of carbonyl (C=O) groups is 2. The lowest BCUT2D eigenvalue weighted by Crippen LogP contribution is -2.15. The zero-order valence-electron chi connectivity index (χ0n) is 13.8. The highest BCUT2D eigenvalue weighted by Crippen LogP contribution is 2.39. The first-order chi connectivity index (χ1) is 12.5. The van der Waals surface area contributed by atoms with E-state index in [9.17, 15) is 18.4 Å². The van der Waals surface area contributed by atoms with E-state index in [1.807, 2.05) is 0 Å². The van der Waals surface area contributed by atoms with Crippen LogP contribution in [0.25, 0.3) is 10.1 Å². The van der Waals surface area contributed by atoms with E-state index < -0.39 is 29.1 Å². The van der Waals surface area contributed by atoms with E-state index in [-0.39, 0.29) is 4.88 Å². The summed E-state index contributed by atoms with van der Waals surface area (Å²) >= 11 is 1.18. The molecule has 0 spiro atoms. The van der Waals surface area contributed by atoms with Gasteiger partial charge in [0, 0.05) is 15.8 Å². The molecule has 0 fully saturated rings. The monoisotopic (exact) mass is 377 g/mol. The molecular weight excluding hydrogens is 364 g/mol. The van der Waals surface area contributed by atoms with E-state index in [1.54, 1.807) is 18.2 Å². The molecule has 0 aliphatic carbocycles. The van der Waals surface area contributed by atoms with Gasteiger partial charge in [0.25, 0.3) is 5.91 Å². The van der Waals surface area contributed by atoms with Crippen LogP contribution in [0, 0.1) is 11.6 Å². The molecule has 1 heterocycles. The van der Waals surface area contributed by atoms with Gasteiger partial charge >= 0.3 is 5.97 Å². The Bertz CT molecular complexity index is 996. The highest BCUT2D eigenvalue weighted by Gasteiger charge is 2.21. The topological polar surface area (TPSA) is 64.6 Å². The maximum Gasteiger partial charge on any atom is 0.351 e.